The van der Waals surface area contributed by atoms with Crippen molar-refractivity contribution < 1.29 is 9.53 Å². The quantitative estimate of drug-likeness (QED) is 0.627. The van der Waals surface area contributed by atoms with Gasteiger partial charge in [-0.1, -0.05) is 13.8 Å². The van der Waals surface area contributed by atoms with Crippen molar-refractivity contribution in [3.63, 3.8) is 0 Å². The predicted octanol–water partition coefficient (Wildman–Crippen LogP) is 3.09. The summed E-state index contributed by atoms with van der Waals surface area (Å²) < 4.78 is 4.66. The van der Waals surface area contributed by atoms with Crippen LogP contribution in [0.3, 0.4) is 0 Å². The van der Waals surface area contributed by atoms with Crippen molar-refractivity contribution in [3.05, 3.63) is 10.6 Å². The van der Waals surface area contributed by atoms with E-state index < -0.39 is 0 Å². The largest absolute Gasteiger partial charge is 0.464 e. The van der Waals surface area contributed by atoms with E-state index >= 15 is 0 Å². The van der Waals surface area contributed by atoms with Gasteiger partial charge in [0, 0.05) is 11.4 Å². The Bertz CT molecular complexity index is 375. The number of esters is 1. The first-order chi connectivity index (χ1) is 8.04. The molecule has 0 unspecified atom stereocenters. The van der Waals surface area contributed by atoms with Crippen molar-refractivity contribution in [2.45, 2.75) is 33.6 Å². The third-order valence-corrected chi connectivity index (χ3v) is 3.34. The topological polar surface area (TPSA) is 51.2 Å². The second-order valence-electron chi connectivity index (χ2n) is 4.38. The van der Waals surface area contributed by atoms with Gasteiger partial charge in [-0.05, 0) is 25.7 Å². The fourth-order valence-corrected chi connectivity index (χ4v) is 2.29. The van der Waals surface area contributed by atoms with Crippen molar-refractivity contribution in [1.29, 1.82) is 0 Å². The fraction of sp³-hybridized carbons (Fsp3) is 0.667. The van der Waals surface area contributed by atoms with E-state index in [1.807, 2.05) is 6.92 Å². The number of hydrogen-bond acceptors (Lipinski definition) is 5. The molecule has 0 bridgehead atoms. The summed E-state index contributed by atoms with van der Waals surface area (Å²) in [5.41, 5.74) is 0.420. The summed E-state index contributed by atoms with van der Waals surface area (Å²) in [7, 11) is 1.37. The number of aryl methyl sites for hydroxylation is 1. The lowest BCUT2D eigenvalue weighted by atomic mass is 10.1. The molecule has 1 aromatic rings. The second-order valence-corrected chi connectivity index (χ2v) is 5.58. The maximum absolute atomic E-state index is 11.4. The fourth-order valence-electron chi connectivity index (χ4n) is 1.46. The average Bonchev–Trinajstić information content (AvgIpc) is 2.65. The molecule has 5 heteroatoms. The number of methoxy groups -OCH3 is 1. The van der Waals surface area contributed by atoms with E-state index in [2.05, 4.69) is 28.9 Å². The summed E-state index contributed by atoms with van der Waals surface area (Å²) >= 11 is 1.49. The molecule has 0 aliphatic rings. The Morgan fingerprint density at radius 3 is 2.82 bits per heavy atom. The van der Waals surface area contributed by atoms with Crippen LogP contribution < -0.4 is 5.32 Å². The van der Waals surface area contributed by atoms with E-state index in [9.17, 15) is 4.79 Å². The van der Waals surface area contributed by atoms with Gasteiger partial charge in [0.15, 0.2) is 10.8 Å². The summed E-state index contributed by atoms with van der Waals surface area (Å²) in [5, 5.41) is 4.04. The standard InChI is InChI=1S/C12H20N2O2S/c1-8(2)6-5-7-13-12-14-10(9(3)17-12)11(15)16-4/h8H,5-7H2,1-4H3,(H,13,14). The smallest absolute Gasteiger partial charge is 0.357 e. The highest BCUT2D eigenvalue weighted by Crippen LogP contribution is 2.22. The number of nitrogens with one attached hydrogen (secondary N) is 1. The highest BCUT2D eigenvalue weighted by atomic mass is 32.1. The number of nitrogens with zero attached hydrogens (tertiary/aromatic N) is 1. The van der Waals surface area contributed by atoms with Gasteiger partial charge < -0.3 is 10.1 Å². The zero-order valence-corrected chi connectivity index (χ0v) is 11.7. The minimum absolute atomic E-state index is 0.367. The Morgan fingerprint density at radius 2 is 2.24 bits per heavy atom. The summed E-state index contributed by atoms with van der Waals surface area (Å²) in [4.78, 5) is 16.5. The molecule has 1 rings (SSSR count). The number of ether oxygens (including phenoxy) is 1. The van der Waals surface area contributed by atoms with E-state index in [1.165, 1.54) is 24.9 Å². The summed E-state index contributed by atoms with van der Waals surface area (Å²) in [6.45, 7) is 7.20. The summed E-state index contributed by atoms with van der Waals surface area (Å²) in [6.07, 6.45) is 2.31. The van der Waals surface area contributed by atoms with Gasteiger partial charge in [0.05, 0.1) is 7.11 Å². The molecule has 17 heavy (non-hydrogen) atoms. The van der Waals surface area contributed by atoms with Crippen LogP contribution in [0.25, 0.3) is 0 Å². The number of hydrogen-bond donors (Lipinski definition) is 1. The molecular weight excluding hydrogens is 236 g/mol. The van der Waals surface area contributed by atoms with Gasteiger partial charge in [-0.2, -0.15) is 0 Å². The van der Waals surface area contributed by atoms with Crippen LogP contribution in [0, 0.1) is 12.8 Å². The Kier molecular flexibility index (Phi) is 5.41. The van der Waals surface area contributed by atoms with Crippen LogP contribution in [0.15, 0.2) is 0 Å². The lowest BCUT2D eigenvalue weighted by molar-refractivity contribution is 0.0594. The molecule has 96 valence electrons. The Morgan fingerprint density at radius 1 is 1.53 bits per heavy atom. The predicted molar refractivity (Wildman–Crippen MR) is 70.8 cm³/mol. The molecular formula is C12H20N2O2S. The highest BCUT2D eigenvalue weighted by Gasteiger charge is 2.15. The Labute approximate surface area is 106 Å². The van der Waals surface area contributed by atoms with Crippen molar-refractivity contribution >= 4 is 22.4 Å². The number of thiazole rings is 1. The summed E-state index contributed by atoms with van der Waals surface area (Å²) in [5.74, 6) is 0.356. The molecule has 0 aliphatic heterocycles. The van der Waals surface area contributed by atoms with Crippen LogP contribution in [0.4, 0.5) is 5.13 Å². The van der Waals surface area contributed by atoms with Gasteiger partial charge in [-0.25, -0.2) is 9.78 Å². The van der Waals surface area contributed by atoms with Crippen molar-refractivity contribution in [1.82, 2.24) is 4.98 Å². The van der Waals surface area contributed by atoms with Gasteiger partial charge in [0.25, 0.3) is 0 Å². The molecule has 4 nitrogen and oxygen atoms in total. The van der Waals surface area contributed by atoms with Crippen LogP contribution in [-0.2, 0) is 4.74 Å². The maximum Gasteiger partial charge on any atom is 0.357 e. The Hall–Kier alpha value is -1.10. The molecule has 1 heterocycles. The SMILES string of the molecule is COC(=O)c1nc(NCCCC(C)C)sc1C. The molecule has 0 spiro atoms. The average molecular weight is 256 g/mol. The Balaban J connectivity index is 2.47. The zero-order valence-electron chi connectivity index (χ0n) is 10.9. The van der Waals surface area contributed by atoms with Gasteiger partial charge in [0.2, 0.25) is 0 Å². The third kappa shape index (κ3) is 4.34. The lowest BCUT2D eigenvalue weighted by Gasteiger charge is -2.04. The molecule has 0 amide bonds. The van der Waals surface area contributed by atoms with Crippen LogP contribution in [0.5, 0.6) is 0 Å². The van der Waals surface area contributed by atoms with Crippen LogP contribution in [0.2, 0.25) is 0 Å². The molecule has 0 atom stereocenters. The molecule has 0 saturated carbocycles. The first-order valence-electron chi connectivity index (χ1n) is 5.84. The second kappa shape index (κ2) is 6.59. The first kappa shape index (κ1) is 14.0. The molecule has 0 radical (unpaired) electrons. The van der Waals surface area contributed by atoms with Crippen molar-refractivity contribution in [3.8, 4) is 0 Å². The molecule has 0 fully saturated rings. The maximum atomic E-state index is 11.4. The molecule has 0 saturated heterocycles. The van der Waals surface area contributed by atoms with E-state index in [-0.39, 0.29) is 5.97 Å². The number of carbonyl (C=O) groups is 1. The molecule has 1 aromatic heterocycles. The summed E-state index contributed by atoms with van der Waals surface area (Å²) in [6, 6.07) is 0. The number of carbonyl (C=O) groups excluding carboxylic acids is 1. The van der Waals surface area contributed by atoms with Crippen LogP contribution in [-0.4, -0.2) is 24.6 Å². The number of rotatable bonds is 6. The van der Waals surface area contributed by atoms with Gasteiger partial charge in [-0.15, -0.1) is 11.3 Å². The molecule has 0 aliphatic carbocycles. The van der Waals surface area contributed by atoms with Crippen molar-refractivity contribution in [2.75, 3.05) is 19.0 Å². The van der Waals surface area contributed by atoms with E-state index in [0.29, 0.717) is 5.69 Å². The van der Waals surface area contributed by atoms with Crippen molar-refractivity contribution in [2.24, 2.45) is 5.92 Å². The minimum Gasteiger partial charge on any atom is -0.464 e. The zero-order chi connectivity index (χ0) is 12.8. The van der Waals surface area contributed by atoms with E-state index in [4.69, 9.17) is 0 Å². The highest BCUT2D eigenvalue weighted by molar-refractivity contribution is 7.15. The van der Waals surface area contributed by atoms with E-state index in [0.717, 1.165) is 28.9 Å². The van der Waals surface area contributed by atoms with Crippen LogP contribution in [0.1, 0.15) is 42.1 Å². The third-order valence-electron chi connectivity index (χ3n) is 2.41. The lowest BCUT2D eigenvalue weighted by Crippen LogP contribution is -2.05. The normalized spacial score (nSPS) is 10.6. The number of anilines is 1. The van der Waals surface area contributed by atoms with Crippen LogP contribution >= 0.6 is 11.3 Å². The molecule has 0 aromatic carbocycles. The van der Waals surface area contributed by atoms with Gasteiger partial charge in [0.1, 0.15) is 0 Å². The first-order valence-corrected chi connectivity index (χ1v) is 6.65. The number of aromatic nitrogens is 1. The van der Waals surface area contributed by atoms with Gasteiger partial charge >= 0.3 is 5.97 Å². The monoisotopic (exact) mass is 256 g/mol. The minimum atomic E-state index is -0.367. The molecule has 1 N–H and O–H groups in total. The van der Waals surface area contributed by atoms with E-state index in [1.54, 1.807) is 0 Å². The van der Waals surface area contributed by atoms with Gasteiger partial charge in [-0.3, -0.25) is 0 Å².